The number of anilines is 1. The number of nitrogens with one attached hydrogen (secondary N) is 2. The van der Waals surface area contributed by atoms with Gasteiger partial charge in [-0.15, -0.1) is 11.7 Å². The zero-order valence-corrected chi connectivity index (χ0v) is 21.7. The van der Waals surface area contributed by atoms with E-state index in [-0.39, 0.29) is 50.8 Å². The monoisotopic (exact) mass is 574 g/mol. The second-order valence-electron chi connectivity index (χ2n) is 7.02. The van der Waals surface area contributed by atoms with Gasteiger partial charge in [0.05, 0.1) is 15.1 Å². The van der Waals surface area contributed by atoms with Gasteiger partial charge in [0.25, 0.3) is 5.91 Å². The first-order valence-corrected chi connectivity index (χ1v) is 12.3. The highest BCUT2D eigenvalue weighted by atomic mass is 35.5. The zero-order valence-electron chi connectivity index (χ0n) is 17.9. The van der Waals surface area contributed by atoms with Crippen molar-refractivity contribution in [2.45, 2.75) is 11.7 Å². The first-order chi connectivity index (χ1) is 16.7. The fraction of sp³-hybridized carbons (Fsp3) is 0.182. The van der Waals surface area contributed by atoms with Gasteiger partial charge in [-0.25, -0.2) is 5.43 Å². The molecule has 1 atom stereocenters. The molecule has 0 spiro atoms. The molecule has 3 amide bonds. The summed E-state index contributed by atoms with van der Waals surface area (Å²) in [6.45, 7) is 3.38. The summed E-state index contributed by atoms with van der Waals surface area (Å²) in [6.07, 6.45) is 1.42. The van der Waals surface area contributed by atoms with Crippen molar-refractivity contribution >= 4 is 86.7 Å². The van der Waals surface area contributed by atoms with Crippen molar-refractivity contribution < 1.29 is 19.1 Å². The van der Waals surface area contributed by atoms with Gasteiger partial charge in [0.15, 0.2) is 11.8 Å². The molecule has 184 valence electrons. The lowest BCUT2D eigenvalue weighted by atomic mass is 10.2. The SMILES string of the molecule is C=CCN1C(=O)C(CC(=O)Nc2ccc(Cl)cc2)S/C1=N/NC(=O)COc1cc(Cl)c(Cl)cc1Cl. The first-order valence-electron chi connectivity index (χ1n) is 9.96. The maximum Gasteiger partial charge on any atom is 0.278 e. The van der Waals surface area contributed by atoms with Crippen molar-refractivity contribution in [2.75, 3.05) is 18.5 Å². The van der Waals surface area contributed by atoms with E-state index in [9.17, 15) is 14.4 Å². The summed E-state index contributed by atoms with van der Waals surface area (Å²) in [7, 11) is 0. The highest BCUT2D eigenvalue weighted by Gasteiger charge is 2.38. The van der Waals surface area contributed by atoms with Crippen molar-refractivity contribution in [3.05, 3.63) is 69.1 Å². The van der Waals surface area contributed by atoms with Crippen molar-refractivity contribution in [3.63, 3.8) is 0 Å². The maximum atomic E-state index is 12.8. The van der Waals surface area contributed by atoms with Gasteiger partial charge in [0.1, 0.15) is 11.0 Å². The number of hydrogen-bond acceptors (Lipinski definition) is 6. The Morgan fingerprint density at radius 1 is 1.09 bits per heavy atom. The number of benzene rings is 2. The highest BCUT2D eigenvalue weighted by molar-refractivity contribution is 8.15. The van der Waals surface area contributed by atoms with Crippen LogP contribution in [0.1, 0.15) is 6.42 Å². The molecule has 0 aliphatic carbocycles. The molecule has 0 bridgehead atoms. The number of ether oxygens (including phenoxy) is 1. The molecule has 0 radical (unpaired) electrons. The summed E-state index contributed by atoms with van der Waals surface area (Å²) < 4.78 is 5.36. The number of hydrogen-bond donors (Lipinski definition) is 2. The van der Waals surface area contributed by atoms with Crippen LogP contribution in [0, 0.1) is 0 Å². The molecule has 13 heteroatoms. The number of hydrazone groups is 1. The van der Waals surface area contributed by atoms with Crippen LogP contribution in [0.4, 0.5) is 5.69 Å². The minimum Gasteiger partial charge on any atom is -0.482 e. The Morgan fingerprint density at radius 2 is 1.77 bits per heavy atom. The Balaban J connectivity index is 1.59. The van der Waals surface area contributed by atoms with Crippen LogP contribution in [-0.4, -0.2) is 46.2 Å². The molecule has 0 aromatic heterocycles. The predicted molar refractivity (Wildman–Crippen MR) is 141 cm³/mol. The molecule has 1 heterocycles. The number of carbonyl (C=O) groups is 3. The van der Waals surface area contributed by atoms with E-state index in [1.54, 1.807) is 24.3 Å². The van der Waals surface area contributed by atoms with Gasteiger partial charge < -0.3 is 10.1 Å². The number of rotatable bonds is 9. The summed E-state index contributed by atoms with van der Waals surface area (Å²) >= 11 is 24.7. The third-order valence-electron chi connectivity index (χ3n) is 4.44. The molecule has 1 saturated heterocycles. The molecule has 3 rings (SSSR count). The minimum atomic E-state index is -0.718. The summed E-state index contributed by atoms with van der Waals surface area (Å²) in [5.74, 6) is -1.11. The molecule has 1 fully saturated rings. The van der Waals surface area contributed by atoms with Gasteiger partial charge in [0.2, 0.25) is 11.8 Å². The van der Waals surface area contributed by atoms with Crippen LogP contribution in [0.5, 0.6) is 5.75 Å². The lowest BCUT2D eigenvalue weighted by Crippen LogP contribution is -2.35. The zero-order chi connectivity index (χ0) is 25.5. The van der Waals surface area contributed by atoms with Crippen LogP contribution in [-0.2, 0) is 14.4 Å². The van der Waals surface area contributed by atoms with Crippen molar-refractivity contribution in [2.24, 2.45) is 5.10 Å². The average molecular weight is 576 g/mol. The van der Waals surface area contributed by atoms with E-state index in [2.05, 4.69) is 22.4 Å². The van der Waals surface area contributed by atoms with E-state index in [0.29, 0.717) is 10.7 Å². The third-order valence-corrected chi connectivity index (χ3v) is 6.89. The molecule has 2 aromatic rings. The highest BCUT2D eigenvalue weighted by Crippen LogP contribution is 2.34. The molecule has 1 aliphatic heterocycles. The fourth-order valence-corrected chi connectivity index (χ4v) is 4.66. The molecule has 2 N–H and O–H groups in total. The number of halogens is 4. The number of carbonyl (C=O) groups excluding carboxylic acids is 3. The van der Waals surface area contributed by atoms with Gasteiger partial charge in [-0.3, -0.25) is 19.3 Å². The summed E-state index contributed by atoms with van der Waals surface area (Å²) in [4.78, 5) is 38.8. The summed E-state index contributed by atoms with van der Waals surface area (Å²) in [6, 6.07) is 9.39. The summed E-state index contributed by atoms with van der Waals surface area (Å²) in [5.41, 5.74) is 2.88. The van der Waals surface area contributed by atoms with Gasteiger partial charge in [-0.1, -0.05) is 64.2 Å². The standard InChI is InChI=1S/C22H18Cl4N4O4S/c1-2-7-30-21(33)18(10-19(31)27-13-5-3-12(23)4-6-13)35-22(30)29-28-20(32)11-34-17-9-15(25)14(24)8-16(17)26/h2-6,8-9,18H,1,7,10-11H2,(H,27,31)(H,28,32)/b29-22+. The number of nitrogens with zero attached hydrogens (tertiary/aromatic N) is 2. The number of amidine groups is 1. The first kappa shape index (κ1) is 27.2. The lowest BCUT2D eigenvalue weighted by Gasteiger charge is -2.14. The normalized spacial score (nSPS) is 16.3. The van der Waals surface area contributed by atoms with Crippen LogP contribution < -0.4 is 15.5 Å². The van der Waals surface area contributed by atoms with Crippen LogP contribution in [0.2, 0.25) is 20.1 Å². The Kier molecular flexibility index (Phi) is 9.71. The average Bonchev–Trinajstić information content (AvgIpc) is 3.10. The van der Waals surface area contributed by atoms with E-state index in [1.165, 1.54) is 23.1 Å². The van der Waals surface area contributed by atoms with E-state index in [0.717, 1.165) is 11.8 Å². The van der Waals surface area contributed by atoms with E-state index < -0.39 is 17.8 Å². The molecular formula is C22H18Cl4N4O4S. The van der Waals surface area contributed by atoms with Gasteiger partial charge in [-0.2, -0.15) is 0 Å². The molecule has 1 unspecified atom stereocenters. The molecule has 2 aromatic carbocycles. The van der Waals surface area contributed by atoms with Crippen LogP contribution in [0.15, 0.2) is 54.2 Å². The Labute approximate surface area is 225 Å². The predicted octanol–water partition coefficient (Wildman–Crippen LogP) is 5.23. The van der Waals surface area contributed by atoms with Gasteiger partial charge in [-0.05, 0) is 30.3 Å². The van der Waals surface area contributed by atoms with Crippen molar-refractivity contribution in [1.29, 1.82) is 0 Å². The van der Waals surface area contributed by atoms with Crippen molar-refractivity contribution in [1.82, 2.24) is 10.3 Å². The van der Waals surface area contributed by atoms with E-state index >= 15 is 0 Å². The second kappa shape index (κ2) is 12.5. The molecule has 8 nitrogen and oxygen atoms in total. The maximum absolute atomic E-state index is 12.8. The Bertz CT molecular complexity index is 1180. The quantitative estimate of drug-likeness (QED) is 0.242. The Hall–Kier alpha value is -2.43. The smallest absolute Gasteiger partial charge is 0.278 e. The molecular weight excluding hydrogens is 558 g/mol. The summed E-state index contributed by atoms with van der Waals surface area (Å²) in [5, 5.41) is 7.44. The Morgan fingerprint density at radius 3 is 2.46 bits per heavy atom. The lowest BCUT2D eigenvalue weighted by molar-refractivity contribution is -0.128. The van der Waals surface area contributed by atoms with Crippen LogP contribution in [0.25, 0.3) is 0 Å². The largest absolute Gasteiger partial charge is 0.482 e. The van der Waals surface area contributed by atoms with Crippen LogP contribution >= 0.6 is 58.2 Å². The second-order valence-corrected chi connectivity index (χ2v) is 9.85. The number of amides is 3. The fourth-order valence-electron chi connectivity index (χ4n) is 2.84. The van der Waals surface area contributed by atoms with E-state index in [1.807, 2.05) is 0 Å². The van der Waals surface area contributed by atoms with Crippen molar-refractivity contribution in [3.8, 4) is 5.75 Å². The third kappa shape index (κ3) is 7.52. The topological polar surface area (TPSA) is 100 Å². The van der Waals surface area contributed by atoms with E-state index in [4.69, 9.17) is 51.1 Å². The molecule has 1 aliphatic rings. The van der Waals surface area contributed by atoms with Gasteiger partial charge >= 0.3 is 0 Å². The number of thioether (sulfide) groups is 1. The van der Waals surface area contributed by atoms with Crippen LogP contribution in [0.3, 0.4) is 0 Å². The minimum absolute atomic E-state index is 0.0916. The van der Waals surface area contributed by atoms with Gasteiger partial charge in [0, 0.05) is 29.7 Å². The molecule has 0 saturated carbocycles. The molecule has 35 heavy (non-hydrogen) atoms.